The lowest BCUT2D eigenvalue weighted by Crippen LogP contribution is -2.23. The lowest BCUT2D eigenvalue weighted by atomic mass is 10.1. The van der Waals surface area contributed by atoms with Gasteiger partial charge in [-0.15, -0.1) is 0 Å². The van der Waals surface area contributed by atoms with Gasteiger partial charge >= 0.3 is 0 Å². The monoisotopic (exact) mass is 478 g/mol. The van der Waals surface area contributed by atoms with Crippen molar-refractivity contribution in [2.75, 3.05) is 22.5 Å². The summed E-state index contributed by atoms with van der Waals surface area (Å²) in [4.78, 5) is 37.1. The third-order valence-electron chi connectivity index (χ3n) is 5.34. The van der Waals surface area contributed by atoms with Crippen molar-refractivity contribution in [2.45, 2.75) is 6.54 Å². The SMILES string of the molecule is O=C(CNc1cccc(NC(=O)c2ccccc2)c1)Nc1ccc(C(=O)NCc2ccccc2)cc1. The van der Waals surface area contributed by atoms with E-state index in [1.165, 1.54) is 0 Å². The van der Waals surface area contributed by atoms with Gasteiger partial charge in [0, 0.05) is 34.7 Å². The molecular formula is C29H26N4O3. The number of carbonyl (C=O) groups excluding carboxylic acids is 3. The third kappa shape index (κ3) is 7.04. The number of carbonyl (C=O) groups is 3. The minimum Gasteiger partial charge on any atom is -0.376 e. The van der Waals surface area contributed by atoms with E-state index in [0.29, 0.717) is 34.7 Å². The molecule has 0 saturated heterocycles. The highest BCUT2D eigenvalue weighted by Crippen LogP contribution is 2.16. The molecule has 4 rings (SSSR count). The van der Waals surface area contributed by atoms with Gasteiger partial charge in [-0.05, 0) is 60.2 Å². The largest absolute Gasteiger partial charge is 0.376 e. The number of anilines is 3. The Labute approximate surface area is 209 Å². The van der Waals surface area contributed by atoms with Gasteiger partial charge in [0.25, 0.3) is 11.8 Å². The van der Waals surface area contributed by atoms with E-state index in [-0.39, 0.29) is 24.3 Å². The van der Waals surface area contributed by atoms with Crippen LogP contribution in [0.15, 0.2) is 109 Å². The maximum Gasteiger partial charge on any atom is 0.255 e. The van der Waals surface area contributed by atoms with Gasteiger partial charge in [0.2, 0.25) is 5.91 Å². The Morgan fingerprint density at radius 2 is 1.19 bits per heavy atom. The highest BCUT2D eigenvalue weighted by molar-refractivity contribution is 6.04. The van der Waals surface area contributed by atoms with Crippen LogP contribution in [0.3, 0.4) is 0 Å². The average Bonchev–Trinajstić information content (AvgIpc) is 2.92. The summed E-state index contributed by atoms with van der Waals surface area (Å²) >= 11 is 0. The van der Waals surface area contributed by atoms with Crippen molar-refractivity contribution < 1.29 is 14.4 Å². The third-order valence-corrected chi connectivity index (χ3v) is 5.34. The Morgan fingerprint density at radius 3 is 1.92 bits per heavy atom. The van der Waals surface area contributed by atoms with E-state index in [2.05, 4.69) is 21.3 Å². The zero-order chi connectivity index (χ0) is 25.2. The van der Waals surface area contributed by atoms with E-state index in [1.54, 1.807) is 66.7 Å². The first kappa shape index (κ1) is 24.2. The van der Waals surface area contributed by atoms with E-state index >= 15 is 0 Å². The molecule has 7 nitrogen and oxygen atoms in total. The molecule has 0 saturated carbocycles. The Kier molecular flexibility index (Phi) is 8.07. The van der Waals surface area contributed by atoms with Crippen LogP contribution in [-0.4, -0.2) is 24.3 Å². The molecule has 0 aliphatic rings. The molecule has 4 aromatic rings. The van der Waals surface area contributed by atoms with E-state index < -0.39 is 0 Å². The lowest BCUT2D eigenvalue weighted by Gasteiger charge is -2.11. The number of amides is 3. The highest BCUT2D eigenvalue weighted by Gasteiger charge is 2.08. The molecule has 4 aromatic carbocycles. The smallest absolute Gasteiger partial charge is 0.255 e. The maximum absolute atomic E-state index is 12.4. The Bertz CT molecular complexity index is 1320. The molecule has 0 unspecified atom stereocenters. The van der Waals surface area contributed by atoms with Gasteiger partial charge in [0.15, 0.2) is 0 Å². The molecular weight excluding hydrogens is 452 g/mol. The highest BCUT2D eigenvalue weighted by atomic mass is 16.2. The fourth-order valence-electron chi connectivity index (χ4n) is 3.47. The van der Waals surface area contributed by atoms with Crippen LogP contribution >= 0.6 is 0 Å². The first-order chi connectivity index (χ1) is 17.6. The van der Waals surface area contributed by atoms with Crippen molar-refractivity contribution in [1.29, 1.82) is 0 Å². The fourth-order valence-corrected chi connectivity index (χ4v) is 3.47. The molecule has 0 radical (unpaired) electrons. The molecule has 4 N–H and O–H groups in total. The summed E-state index contributed by atoms with van der Waals surface area (Å²) in [7, 11) is 0. The van der Waals surface area contributed by atoms with Crippen molar-refractivity contribution in [3.05, 3.63) is 126 Å². The molecule has 0 bridgehead atoms. The number of nitrogens with one attached hydrogen (secondary N) is 4. The summed E-state index contributed by atoms with van der Waals surface area (Å²) in [5.74, 6) is -0.629. The lowest BCUT2D eigenvalue weighted by molar-refractivity contribution is -0.114. The fraction of sp³-hybridized carbons (Fsp3) is 0.0690. The van der Waals surface area contributed by atoms with Gasteiger partial charge in [0.1, 0.15) is 0 Å². The summed E-state index contributed by atoms with van der Waals surface area (Å²) in [5, 5.41) is 11.6. The van der Waals surface area contributed by atoms with Crippen molar-refractivity contribution >= 4 is 34.8 Å². The summed E-state index contributed by atoms with van der Waals surface area (Å²) in [6, 6.07) is 32.5. The van der Waals surface area contributed by atoms with Crippen molar-refractivity contribution in [3.8, 4) is 0 Å². The van der Waals surface area contributed by atoms with Crippen LogP contribution in [0.4, 0.5) is 17.1 Å². The van der Waals surface area contributed by atoms with Crippen LogP contribution in [0.5, 0.6) is 0 Å². The minimum absolute atomic E-state index is 0.0371. The number of hydrogen-bond acceptors (Lipinski definition) is 4. The van der Waals surface area contributed by atoms with Gasteiger partial charge in [0.05, 0.1) is 6.54 Å². The van der Waals surface area contributed by atoms with Crippen LogP contribution < -0.4 is 21.3 Å². The van der Waals surface area contributed by atoms with Crippen LogP contribution in [0.1, 0.15) is 26.3 Å². The van der Waals surface area contributed by atoms with E-state index in [4.69, 9.17) is 0 Å². The maximum atomic E-state index is 12.4. The van der Waals surface area contributed by atoms with Gasteiger partial charge in [-0.25, -0.2) is 0 Å². The molecule has 3 amide bonds. The molecule has 0 fully saturated rings. The van der Waals surface area contributed by atoms with E-state index in [1.807, 2.05) is 42.5 Å². The van der Waals surface area contributed by atoms with Crippen molar-refractivity contribution in [1.82, 2.24) is 5.32 Å². The predicted octanol–water partition coefficient (Wildman–Crippen LogP) is 4.92. The molecule has 0 spiro atoms. The van der Waals surface area contributed by atoms with Gasteiger partial charge in [-0.1, -0.05) is 54.6 Å². The van der Waals surface area contributed by atoms with Crippen LogP contribution in [0.25, 0.3) is 0 Å². The van der Waals surface area contributed by atoms with Crippen molar-refractivity contribution in [3.63, 3.8) is 0 Å². The first-order valence-corrected chi connectivity index (χ1v) is 11.5. The van der Waals surface area contributed by atoms with Gasteiger partial charge in [-0.3, -0.25) is 14.4 Å². The Balaban J connectivity index is 1.24. The van der Waals surface area contributed by atoms with Crippen LogP contribution in [-0.2, 0) is 11.3 Å². The topological polar surface area (TPSA) is 99.3 Å². The number of rotatable bonds is 9. The average molecular weight is 479 g/mol. The van der Waals surface area contributed by atoms with Gasteiger partial charge < -0.3 is 21.3 Å². The second-order valence-corrected chi connectivity index (χ2v) is 8.05. The summed E-state index contributed by atoms with van der Waals surface area (Å²) in [6.45, 7) is 0.483. The zero-order valence-corrected chi connectivity index (χ0v) is 19.5. The summed E-state index contributed by atoms with van der Waals surface area (Å²) < 4.78 is 0. The molecule has 7 heteroatoms. The standard InChI is InChI=1S/C29H26N4O3/c34-27(20-30-25-12-7-13-26(18-25)33-29(36)22-10-5-2-6-11-22)32-24-16-14-23(15-17-24)28(35)31-19-21-8-3-1-4-9-21/h1-18,30H,19-20H2,(H,31,35)(H,32,34)(H,33,36). The molecule has 36 heavy (non-hydrogen) atoms. The van der Waals surface area contributed by atoms with E-state index in [9.17, 15) is 14.4 Å². The number of hydrogen-bond donors (Lipinski definition) is 4. The second-order valence-electron chi connectivity index (χ2n) is 8.05. The molecule has 180 valence electrons. The molecule has 0 atom stereocenters. The van der Waals surface area contributed by atoms with Crippen LogP contribution in [0, 0.1) is 0 Å². The predicted molar refractivity (Wildman–Crippen MR) is 142 cm³/mol. The quantitative estimate of drug-likeness (QED) is 0.274. The van der Waals surface area contributed by atoms with Gasteiger partial charge in [-0.2, -0.15) is 0 Å². The summed E-state index contributed by atoms with van der Waals surface area (Å²) in [6.07, 6.45) is 0. The second kappa shape index (κ2) is 12.0. The molecule has 0 aliphatic heterocycles. The Hall–Kier alpha value is -4.91. The number of benzene rings is 4. The normalized spacial score (nSPS) is 10.2. The zero-order valence-electron chi connectivity index (χ0n) is 19.5. The minimum atomic E-state index is -0.241. The molecule has 0 aromatic heterocycles. The Morgan fingerprint density at radius 1 is 0.556 bits per heavy atom. The van der Waals surface area contributed by atoms with Crippen LogP contribution in [0.2, 0.25) is 0 Å². The molecule has 0 heterocycles. The van der Waals surface area contributed by atoms with Crippen molar-refractivity contribution in [2.24, 2.45) is 0 Å². The molecule has 0 aliphatic carbocycles. The van der Waals surface area contributed by atoms with E-state index in [0.717, 1.165) is 5.56 Å². The summed E-state index contributed by atoms with van der Waals surface area (Å²) in [5.41, 5.74) is 4.00. The first-order valence-electron chi connectivity index (χ1n) is 11.5.